The van der Waals surface area contributed by atoms with Gasteiger partial charge in [-0.15, -0.1) is 10.2 Å². The molecule has 5 rings (SSSR count). The minimum atomic E-state index is -0.518. The molecule has 9 heteroatoms. The molecule has 0 N–H and O–H groups in total. The number of hydrogen-bond donors (Lipinski definition) is 0. The molecule has 4 heterocycles. The van der Waals surface area contributed by atoms with Crippen LogP contribution in [-0.4, -0.2) is 51.8 Å². The molecule has 0 aliphatic carbocycles. The highest BCUT2D eigenvalue weighted by atomic mass is 16.4. The van der Waals surface area contributed by atoms with E-state index in [1.54, 1.807) is 29.4 Å². The van der Waals surface area contributed by atoms with Gasteiger partial charge in [-0.2, -0.15) is 0 Å². The van der Waals surface area contributed by atoms with Crippen molar-refractivity contribution in [3.8, 4) is 11.5 Å². The van der Waals surface area contributed by atoms with Crippen molar-refractivity contribution in [2.45, 2.75) is 6.54 Å². The molecule has 0 radical (unpaired) electrons. The van der Waals surface area contributed by atoms with Crippen molar-refractivity contribution >= 4 is 22.8 Å². The molecule has 9 nitrogen and oxygen atoms in total. The van der Waals surface area contributed by atoms with Crippen LogP contribution in [0.5, 0.6) is 0 Å². The molecule has 1 saturated heterocycles. The maximum atomic E-state index is 12.7. The van der Waals surface area contributed by atoms with E-state index in [0.717, 1.165) is 5.82 Å². The molecule has 1 fully saturated rings. The van der Waals surface area contributed by atoms with Crippen LogP contribution in [0.1, 0.15) is 0 Å². The molecule has 1 aromatic carbocycles. The van der Waals surface area contributed by atoms with Crippen molar-refractivity contribution in [3.05, 3.63) is 65.3 Å². The zero-order valence-corrected chi connectivity index (χ0v) is 16.1. The summed E-state index contributed by atoms with van der Waals surface area (Å²) in [7, 11) is 0. The zero-order chi connectivity index (χ0) is 20.5. The van der Waals surface area contributed by atoms with Crippen molar-refractivity contribution in [1.82, 2.24) is 19.7 Å². The quantitative estimate of drug-likeness (QED) is 0.512. The smallest absolute Gasteiger partial charge is 0.420 e. The first-order chi connectivity index (χ1) is 14.7. The van der Waals surface area contributed by atoms with E-state index in [4.69, 9.17) is 8.83 Å². The van der Waals surface area contributed by atoms with Crippen molar-refractivity contribution in [2.24, 2.45) is 0 Å². The number of hydrogen-bond acceptors (Lipinski definition) is 7. The summed E-state index contributed by atoms with van der Waals surface area (Å²) >= 11 is 0. The van der Waals surface area contributed by atoms with Gasteiger partial charge in [-0.25, -0.2) is 4.79 Å². The Morgan fingerprint density at radius 1 is 0.967 bits per heavy atom. The van der Waals surface area contributed by atoms with Gasteiger partial charge in [0.2, 0.25) is 5.91 Å². The van der Waals surface area contributed by atoms with Crippen molar-refractivity contribution in [2.75, 3.05) is 31.1 Å². The number of fused-ring (bicyclic) bond motifs is 1. The number of para-hydroxylation sites is 2. The zero-order valence-electron chi connectivity index (χ0n) is 16.1. The number of benzene rings is 1. The molecule has 0 spiro atoms. The third kappa shape index (κ3) is 3.34. The fourth-order valence-electron chi connectivity index (χ4n) is 3.63. The highest BCUT2D eigenvalue weighted by Gasteiger charge is 2.23. The Labute approximate surface area is 171 Å². The van der Waals surface area contributed by atoms with E-state index < -0.39 is 5.76 Å². The second-order valence-corrected chi connectivity index (χ2v) is 7.04. The van der Waals surface area contributed by atoms with Crippen molar-refractivity contribution in [3.63, 3.8) is 0 Å². The van der Waals surface area contributed by atoms with Gasteiger partial charge in [0.15, 0.2) is 17.2 Å². The number of nitrogens with zero attached hydrogens (tertiary/aromatic N) is 5. The Morgan fingerprint density at radius 3 is 2.53 bits per heavy atom. The molecule has 1 aliphatic heterocycles. The summed E-state index contributed by atoms with van der Waals surface area (Å²) in [4.78, 5) is 28.7. The van der Waals surface area contributed by atoms with Gasteiger partial charge < -0.3 is 18.6 Å². The number of carbonyl (C=O) groups excluding carboxylic acids is 1. The lowest BCUT2D eigenvalue weighted by Crippen LogP contribution is -2.50. The maximum absolute atomic E-state index is 12.7. The number of oxazole rings is 1. The fraction of sp³-hybridized carbons (Fsp3) is 0.238. The Hall–Kier alpha value is -3.88. The van der Waals surface area contributed by atoms with E-state index in [0.29, 0.717) is 48.7 Å². The number of carbonyl (C=O) groups is 1. The van der Waals surface area contributed by atoms with E-state index in [1.807, 2.05) is 30.3 Å². The molecule has 0 atom stereocenters. The van der Waals surface area contributed by atoms with Gasteiger partial charge in [0.25, 0.3) is 0 Å². The number of anilines is 1. The summed E-state index contributed by atoms with van der Waals surface area (Å²) in [6.45, 7) is 2.34. The van der Waals surface area contributed by atoms with Crippen LogP contribution in [0, 0.1) is 0 Å². The molecule has 152 valence electrons. The molecule has 1 amide bonds. The lowest BCUT2D eigenvalue weighted by Gasteiger charge is -2.35. The largest absolute Gasteiger partial charge is 0.463 e. The monoisotopic (exact) mass is 405 g/mol. The molecular formula is C21H19N5O4. The molecule has 30 heavy (non-hydrogen) atoms. The van der Waals surface area contributed by atoms with Gasteiger partial charge in [0, 0.05) is 26.2 Å². The second-order valence-electron chi connectivity index (χ2n) is 7.04. The van der Waals surface area contributed by atoms with E-state index >= 15 is 0 Å². The summed E-state index contributed by atoms with van der Waals surface area (Å²) in [5.74, 6) is 0.804. The van der Waals surface area contributed by atoms with Crippen LogP contribution in [0.3, 0.4) is 0 Å². The molecule has 0 saturated carbocycles. The Bertz CT molecular complexity index is 1220. The maximum Gasteiger partial charge on any atom is 0.420 e. The lowest BCUT2D eigenvalue weighted by molar-refractivity contribution is -0.132. The normalized spacial score (nSPS) is 14.4. The number of piperazine rings is 1. The average Bonchev–Trinajstić information content (AvgIpc) is 3.43. The molecular weight excluding hydrogens is 386 g/mol. The third-order valence-corrected chi connectivity index (χ3v) is 5.25. The number of aromatic nitrogens is 3. The Morgan fingerprint density at radius 2 is 1.80 bits per heavy atom. The summed E-state index contributed by atoms with van der Waals surface area (Å²) in [5.41, 5.74) is 1.79. The van der Waals surface area contributed by atoms with Crippen LogP contribution < -0.4 is 10.7 Å². The minimum absolute atomic E-state index is 0.0342. The molecule has 0 bridgehead atoms. The van der Waals surface area contributed by atoms with Gasteiger partial charge in [0.05, 0.1) is 11.8 Å². The Kier molecular flexibility index (Phi) is 4.55. The minimum Gasteiger partial charge on any atom is -0.463 e. The topological polar surface area (TPSA) is 97.6 Å². The molecule has 4 aromatic rings. The van der Waals surface area contributed by atoms with Gasteiger partial charge in [-0.05, 0) is 36.4 Å². The highest BCUT2D eigenvalue weighted by Crippen LogP contribution is 2.20. The van der Waals surface area contributed by atoms with Crippen molar-refractivity contribution < 1.29 is 13.6 Å². The number of furan rings is 1. The van der Waals surface area contributed by atoms with Gasteiger partial charge in [-0.3, -0.25) is 9.36 Å². The van der Waals surface area contributed by atoms with Crippen molar-refractivity contribution in [1.29, 1.82) is 0 Å². The summed E-state index contributed by atoms with van der Waals surface area (Å²) in [6.07, 6.45) is 1.60. The third-order valence-electron chi connectivity index (χ3n) is 5.25. The van der Waals surface area contributed by atoms with Crippen LogP contribution in [0.15, 0.2) is 68.4 Å². The van der Waals surface area contributed by atoms with E-state index in [9.17, 15) is 9.59 Å². The van der Waals surface area contributed by atoms with Gasteiger partial charge >= 0.3 is 5.76 Å². The van der Waals surface area contributed by atoms with E-state index in [1.165, 1.54) is 4.57 Å². The average molecular weight is 405 g/mol. The van der Waals surface area contributed by atoms with Crippen LogP contribution in [0.25, 0.3) is 22.6 Å². The second kappa shape index (κ2) is 7.51. The first kappa shape index (κ1) is 18.2. The van der Waals surface area contributed by atoms with Gasteiger partial charge in [-0.1, -0.05) is 12.1 Å². The highest BCUT2D eigenvalue weighted by molar-refractivity contribution is 5.79. The van der Waals surface area contributed by atoms with Crippen LogP contribution in [0.2, 0.25) is 0 Å². The molecule has 3 aromatic heterocycles. The van der Waals surface area contributed by atoms with Crippen LogP contribution in [0.4, 0.5) is 5.82 Å². The Balaban J connectivity index is 1.23. The summed E-state index contributed by atoms with van der Waals surface area (Å²) < 4.78 is 11.9. The predicted octanol–water partition coefficient (Wildman–Crippen LogP) is 1.99. The fourth-order valence-corrected chi connectivity index (χ4v) is 3.63. The molecule has 1 aliphatic rings. The summed E-state index contributed by atoms with van der Waals surface area (Å²) in [5, 5.41) is 8.51. The summed E-state index contributed by atoms with van der Waals surface area (Å²) in [6, 6.07) is 14.5. The van der Waals surface area contributed by atoms with Gasteiger partial charge in [0.1, 0.15) is 12.2 Å². The van der Waals surface area contributed by atoms with E-state index in [-0.39, 0.29) is 12.5 Å². The number of rotatable bonds is 4. The van der Waals surface area contributed by atoms with Crippen LogP contribution in [-0.2, 0) is 11.3 Å². The predicted molar refractivity (Wildman–Crippen MR) is 109 cm³/mol. The SMILES string of the molecule is O=C(Cn1c(=O)oc2ccccc21)N1CCN(c2ccc(-c3ccco3)nn2)CC1. The first-order valence-corrected chi connectivity index (χ1v) is 9.68. The lowest BCUT2D eigenvalue weighted by atomic mass is 10.2. The first-order valence-electron chi connectivity index (χ1n) is 9.68. The number of amides is 1. The standard InChI is InChI=1S/C21H19N5O4/c27-20(14-26-16-4-1-2-5-18(16)30-21(26)28)25-11-9-24(10-12-25)19-8-7-15(22-23-19)17-6-3-13-29-17/h1-8,13H,9-12,14H2. The van der Waals surface area contributed by atoms with E-state index in [2.05, 4.69) is 15.1 Å². The molecule has 0 unspecified atom stereocenters. The van der Waals surface area contributed by atoms with Crippen LogP contribution >= 0.6 is 0 Å².